The van der Waals surface area contributed by atoms with Crippen LogP contribution in [0.5, 0.6) is 11.5 Å². The van der Waals surface area contributed by atoms with Gasteiger partial charge < -0.3 is 19.9 Å². The van der Waals surface area contributed by atoms with Gasteiger partial charge in [-0.25, -0.2) is 4.79 Å². The van der Waals surface area contributed by atoms with E-state index in [1.165, 1.54) is 26.4 Å². The molecule has 1 amide bonds. The van der Waals surface area contributed by atoms with Crippen LogP contribution in [0.2, 0.25) is 5.02 Å². The smallest absolute Gasteiger partial charge is 0.337 e. The zero-order valence-electron chi connectivity index (χ0n) is 12.4. The summed E-state index contributed by atoms with van der Waals surface area (Å²) in [5.41, 5.74) is 0.348. The van der Waals surface area contributed by atoms with Crippen molar-refractivity contribution >= 4 is 29.2 Å². The Bertz CT molecular complexity index is 743. The number of carbonyl (C=O) groups excluding carboxylic acids is 1. The van der Waals surface area contributed by atoms with Crippen molar-refractivity contribution in [2.75, 3.05) is 19.5 Å². The first-order chi connectivity index (χ1) is 11.0. The van der Waals surface area contributed by atoms with Crippen molar-refractivity contribution in [3.05, 3.63) is 52.5 Å². The van der Waals surface area contributed by atoms with Gasteiger partial charge in [0, 0.05) is 22.7 Å². The molecule has 0 aliphatic heterocycles. The largest absolute Gasteiger partial charge is 0.493 e. The summed E-state index contributed by atoms with van der Waals surface area (Å²) in [7, 11) is 2.82. The maximum Gasteiger partial charge on any atom is 0.337 e. The molecule has 0 radical (unpaired) electrons. The monoisotopic (exact) mass is 335 g/mol. The minimum absolute atomic E-state index is 0.107. The molecule has 0 aromatic heterocycles. The summed E-state index contributed by atoms with van der Waals surface area (Å²) in [4.78, 5) is 23.6. The lowest BCUT2D eigenvalue weighted by Gasteiger charge is -2.13. The third-order valence-electron chi connectivity index (χ3n) is 3.11. The molecule has 120 valence electrons. The molecule has 7 heteroatoms. The predicted molar refractivity (Wildman–Crippen MR) is 85.9 cm³/mol. The zero-order valence-corrected chi connectivity index (χ0v) is 13.2. The van der Waals surface area contributed by atoms with Crippen molar-refractivity contribution < 1.29 is 24.2 Å². The highest BCUT2D eigenvalue weighted by Gasteiger charge is 2.18. The average molecular weight is 336 g/mol. The van der Waals surface area contributed by atoms with Gasteiger partial charge in [0.1, 0.15) is 0 Å². The van der Waals surface area contributed by atoms with Crippen LogP contribution < -0.4 is 14.8 Å². The number of halogens is 1. The Morgan fingerprint density at radius 3 is 2.13 bits per heavy atom. The van der Waals surface area contributed by atoms with E-state index in [9.17, 15) is 14.7 Å². The quantitative estimate of drug-likeness (QED) is 0.875. The van der Waals surface area contributed by atoms with Crippen molar-refractivity contribution in [1.29, 1.82) is 0 Å². The van der Waals surface area contributed by atoms with Gasteiger partial charge in [0.25, 0.3) is 5.91 Å². The number of carboxylic acids is 1. The highest BCUT2D eigenvalue weighted by molar-refractivity contribution is 6.30. The number of benzene rings is 2. The van der Waals surface area contributed by atoms with E-state index >= 15 is 0 Å². The molecular formula is C16H14ClNO5. The van der Waals surface area contributed by atoms with Gasteiger partial charge in [0.15, 0.2) is 11.5 Å². The van der Waals surface area contributed by atoms with E-state index in [-0.39, 0.29) is 17.0 Å². The van der Waals surface area contributed by atoms with E-state index in [1.54, 1.807) is 24.3 Å². The molecule has 0 fully saturated rings. The van der Waals surface area contributed by atoms with Gasteiger partial charge in [0.2, 0.25) is 0 Å². The fraction of sp³-hybridized carbons (Fsp3) is 0.125. The van der Waals surface area contributed by atoms with Crippen molar-refractivity contribution in [3.8, 4) is 11.5 Å². The van der Waals surface area contributed by atoms with Crippen LogP contribution >= 0.6 is 11.6 Å². The maximum absolute atomic E-state index is 12.2. The molecule has 0 bridgehead atoms. The maximum atomic E-state index is 12.2. The summed E-state index contributed by atoms with van der Waals surface area (Å²) >= 11 is 5.78. The Hall–Kier alpha value is -2.73. The molecule has 2 N–H and O–H groups in total. The van der Waals surface area contributed by atoms with Gasteiger partial charge in [-0.1, -0.05) is 11.6 Å². The summed E-state index contributed by atoms with van der Waals surface area (Å²) in [5.74, 6) is -1.09. The number of hydrogen-bond donors (Lipinski definition) is 2. The van der Waals surface area contributed by atoms with E-state index in [0.717, 1.165) is 0 Å². The Morgan fingerprint density at radius 2 is 1.61 bits per heavy atom. The van der Waals surface area contributed by atoms with Crippen molar-refractivity contribution in [3.63, 3.8) is 0 Å². The van der Waals surface area contributed by atoms with Gasteiger partial charge in [0.05, 0.1) is 25.5 Å². The fourth-order valence-corrected chi connectivity index (χ4v) is 2.08. The molecule has 0 saturated heterocycles. The standard InChI is InChI=1S/C16H14ClNO5/c1-22-13-7-11(16(20)21)12(8-14(13)23-2)18-15(19)9-3-5-10(17)6-4-9/h3-8H,1-2H3,(H,18,19)(H,20,21). The minimum atomic E-state index is -1.20. The van der Waals surface area contributed by atoms with Crippen LogP contribution in [0, 0.1) is 0 Å². The normalized spacial score (nSPS) is 10.0. The first-order valence-electron chi connectivity index (χ1n) is 6.52. The number of carboxylic acid groups (broad SMARTS) is 1. The van der Waals surface area contributed by atoms with Gasteiger partial charge in [-0.3, -0.25) is 4.79 Å². The molecule has 2 aromatic rings. The molecule has 0 spiro atoms. The van der Waals surface area contributed by atoms with Gasteiger partial charge >= 0.3 is 5.97 Å². The number of aromatic carboxylic acids is 1. The van der Waals surface area contributed by atoms with Crippen LogP contribution in [0.15, 0.2) is 36.4 Å². The van der Waals surface area contributed by atoms with Crippen molar-refractivity contribution in [1.82, 2.24) is 0 Å². The van der Waals surface area contributed by atoms with E-state index in [2.05, 4.69) is 5.32 Å². The Labute approximate surface area is 137 Å². The number of anilines is 1. The number of hydrogen-bond acceptors (Lipinski definition) is 4. The van der Waals surface area contributed by atoms with E-state index < -0.39 is 11.9 Å². The second-order valence-electron chi connectivity index (χ2n) is 4.52. The molecule has 2 rings (SSSR count). The summed E-state index contributed by atoms with van der Waals surface area (Å²) in [6.45, 7) is 0. The van der Waals surface area contributed by atoms with Crippen LogP contribution in [0.1, 0.15) is 20.7 Å². The van der Waals surface area contributed by atoms with Crippen LogP contribution in [-0.2, 0) is 0 Å². The van der Waals surface area contributed by atoms with Gasteiger partial charge in [-0.2, -0.15) is 0 Å². The lowest BCUT2D eigenvalue weighted by molar-refractivity contribution is 0.0697. The molecule has 0 aliphatic rings. The second-order valence-corrected chi connectivity index (χ2v) is 4.96. The summed E-state index contributed by atoms with van der Waals surface area (Å²) in [6.07, 6.45) is 0. The lowest BCUT2D eigenvalue weighted by Crippen LogP contribution is -2.15. The number of ether oxygens (including phenoxy) is 2. The molecular weight excluding hydrogens is 322 g/mol. The molecule has 0 atom stereocenters. The molecule has 0 heterocycles. The number of amides is 1. The first-order valence-corrected chi connectivity index (χ1v) is 6.90. The van der Waals surface area contributed by atoms with Crippen LogP contribution in [0.3, 0.4) is 0 Å². The molecule has 2 aromatic carbocycles. The summed E-state index contributed by atoms with van der Waals surface area (Å²) < 4.78 is 10.2. The average Bonchev–Trinajstić information content (AvgIpc) is 2.54. The third-order valence-corrected chi connectivity index (χ3v) is 3.36. The number of carbonyl (C=O) groups is 2. The highest BCUT2D eigenvalue weighted by atomic mass is 35.5. The third kappa shape index (κ3) is 3.73. The van der Waals surface area contributed by atoms with Crippen LogP contribution in [-0.4, -0.2) is 31.2 Å². The van der Waals surface area contributed by atoms with Gasteiger partial charge in [-0.15, -0.1) is 0 Å². The topological polar surface area (TPSA) is 84.9 Å². The Morgan fingerprint density at radius 1 is 1.04 bits per heavy atom. The second kappa shape index (κ2) is 7.02. The Balaban J connectivity index is 2.39. The molecule has 0 unspecified atom stereocenters. The minimum Gasteiger partial charge on any atom is -0.493 e. The SMILES string of the molecule is COc1cc(NC(=O)c2ccc(Cl)cc2)c(C(=O)O)cc1OC. The first kappa shape index (κ1) is 16.6. The van der Waals surface area contributed by atoms with E-state index in [1.807, 2.05) is 0 Å². The molecule has 0 aliphatic carbocycles. The van der Waals surface area contributed by atoms with Gasteiger partial charge in [-0.05, 0) is 24.3 Å². The lowest BCUT2D eigenvalue weighted by atomic mass is 10.1. The van der Waals surface area contributed by atoms with Crippen LogP contribution in [0.25, 0.3) is 0 Å². The Kier molecular flexibility index (Phi) is 5.08. The van der Waals surface area contributed by atoms with E-state index in [4.69, 9.17) is 21.1 Å². The van der Waals surface area contributed by atoms with Crippen LogP contribution in [0.4, 0.5) is 5.69 Å². The fourth-order valence-electron chi connectivity index (χ4n) is 1.96. The predicted octanol–water partition coefficient (Wildman–Crippen LogP) is 3.31. The number of methoxy groups -OCH3 is 2. The summed E-state index contributed by atoms with van der Waals surface area (Å²) in [6, 6.07) is 8.92. The molecule has 23 heavy (non-hydrogen) atoms. The highest BCUT2D eigenvalue weighted by Crippen LogP contribution is 2.33. The molecule has 0 saturated carbocycles. The molecule has 6 nitrogen and oxygen atoms in total. The zero-order chi connectivity index (χ0) is 17.0. The number of rotatable bonds is 5. The van der Waals surface area contributed by atoms with Crippen molar-refractivity contribution in [2.24, 2.45) is 0 Å². The van der Waals surface area contributed by atoms with E-state index in [0.29, 0.717) is 16.3 Å². The number of nitrogens with one attached hydrogen (secondary N) is 1. The van der Waals surface area contributed by atoms with Crippen molar-refractivity contribution in [2.45, 2.75) is 0 Å². The summed E-state index contributed by atoms with van der Waals surface area (Å²) in [5, 5.41) is 12.4.